The molecule has 0 aromatic heterocycles. The van der Waals surface area contributed by atoms with Gasteiger partial charge in [0.15, 0.2) is 5.78 Å². The van der Waals surface area contributed by atoms with Crippen LogP contribution in [0.5, 0.6) is 11.5 Å². The van der Waals surface area contributed by atoms with Gasteiger partial charge in [-0.1, -0.05) is 83.8 Å². The summed E-state index contributed by atoms with van der Waals surface area (Å²) >= 11 is 6.98. The summed E-state index contributed by atoms with van der Waals surface area (Å²) in [5.74, 6) is -0.873. The number of carbonyl (C=O) groups excluding carboxylic acids is 1. The van der Waals surface area contributed by atoms with Crippen LogP contribution in [0.4, 0.5) is 17.6 Å². The van der Waals surface area contributed by atoms with E-state index in [4.69, 9.17) is 0 Å². The molecule has 0 aliphatic carbocycles. The molecule has 0 fully saturated rings. The molecule has 9 heteroatoms. The molecule has 0 N–H and O–H groups in total. The first kappa shape index (κ1) is 26.6. The first-order valence-corrected chi connectivity index (χ1v) is 11.8. The average molecular weight is 584 g/mol. The van der Waals surface area contributed by atoms with Gasteiger partial charge in [-0.15, -0.1) is 0 Å². The molecule has 0 radical (unpaired) electrons. The fourth-order valence-electron chi connectivity index (χ4n) is 3.26. The molecule has 0 heterocycles. The second-order valence-corrected chi connectivity index (χ2v) is 9.79. The standard InChI is InChI=1S/C23H24Br2F4O3/c1-11(2)19(24)17-13(7-5-9-15(17)31-22(26)27)21(30)14-8-6-10-16(32-23(28)29)18(14)20(25)12(3)4/h5-12,19-20,22-23H,1-4H3. The van der Waals surface area contributed by atoms with Gasteiger partial charge in [-0.2, -0.15) is 17.6 Å². The molecule has 32 heavy (non-hydrogen) atoms. The van der Waals surface area contributed by atoms with E-state index in [9.17, 15) is 22.4 Å². The van der Waals surface area contributed by atoms with Crippen LogP contribution in [0, 0.1) is 11.8 Å². The van der Waals surface area contributed by atoms with Crippen molar-refractivity contribution < 1.29 is 31.8 Å². The van der Waals surface area contributed by atoms with E-state index in [0.717, 1.165) is 0 Å². The van der Waals surface area contributed by atoms with Gasteiger partial charge in [0.1, 0.15) is 11.5 Å². The highest BCUT2D eigenvalue weighted by Gasteiger charge is 2.30. The lowest BCUT2D eigenvalue weighted by atomic mass is 9.88. The Morgan fingerprint density at radius 2 is 1.06 bits per heavy atom. The third kappa shape index (κ3) is 6.25. The Labute approximate surface area is 201 Å². The number of hydrogen-bond donors (Lipinski definition) is 0. The molecule has 0 saturated carbocycles. The first-order chi connectivity index (χ1) is 15.0. The quantitative estimate of drug-likeness (QED) is 0.160. The molecule has 0 bridgehead atoms. The van der Waals surface area contributed by atoms with Crippen LogP contribution in [0.3, 0.4) is 0 Å². The number of halogens is 6. The predicted octanol–water partition coefficient (Wildman–Crippen LogP) is 8.30. The van der Waals surface area contributed by atoms with Gasteiger partial charge in [0.05, 0.1) is 0 Å². The molecule has 0 spiro atoms. The molecule has 0 aliphatic heterocycles. The lowest BCUT2D eigenvalue weighted by Crippen LogP contribution is -2.16. The number of hydrogen-bond acceptors (Lipinski definition) is 3. The maximum Gasteiger partial charge on any atom is 0.387 e. The van der Waals surface area contributed by atoms with Crippen LogP contribution in [-0.4, -0.2) is 19.0 Å². The smallest absolute Gasteiger partial charge is 0.387 e. The molecule has 2 aromatic carbocycles. The minimum absolute atomic E-state index is 0.0588. The van der Waals surface area contributed by atoms with E-state index < -0.39 is 28.7 Å². The maximum absolute atomic E-state index is 13.7. The van der Waals surface area contributed by atoms with Crippen LogP contribution < -0.4 is 9.47 Å². The summed E-state index contributed by atoms with van der Waals surface area (Å²) in [5.41, 5.74) is 0.819. The van der Waals surface area contributed by atoms with E-state index in [1.54, 1.807) is 0 Å². The van der Waals surface area contributed by atoms with E-state index in [0.29, 0.717) is 0 Å². The summed E-state index contributed by atoms with van der Waals surface area (Å²) in [6.45, 7) is 1.31. The minimum Gasteiger partial charge on any atom is -0.434 e. The van der Waals surface area contributed by atoms with E-state index in [-0.39, 0.29) is 45.6 Å². The number of carbonyl (C=O) groups is 1. The molecule has 3 nitrogen and oxygen atoms in total. The molecule has 2 atom stereocenters. The zero-order valence-corrected chi connectivity index (χ0v) is 21.1. The zero-order valence-electron chi connectivity index (χ0n) is 17.9. The monoisotopic (exact) mass is 582 g/mol. The highest BCUT2D eigenvalue weighted by molar-refractivity contribution is 9.09. The maximum atomic E-state index is 13.7. The van der Waals surface area contributed by atoms with Crippen LogP contribution in [0.1, 0.15) is 64.4 Å². The summed E-state index contributed by atoms with van der Waals surface area (Å²) in [6.07, 6.45) is 0. The second kappa shape index (κ2) is 11.5. The molecular formula is C23H24Br2F4O3. The van der Waals surface area contributed by atoms with Crippen LogP contribution in [0.2, 0.25) is 0 Å². The zero-order chi connectivity index (χ0) is 24.2. The Morgan fingerprint density at radius 3 is 1.34 bits per heavy atom. The summed E-state index contributed by atoms with van der Waals surface area (Å²) in [4.78, 5) is 12.8. The molecule has 2 rings (SSSR count). The summed E-state index contributed by atoms with van der Waals surface area (Å²) < 4.78 is 61.5. The van der Waals surface area contributed by atoms with Gasteiger partial charge in [-0.3, -0.25) is 4.79 Å². The molecule has 0 saturated heterocycles. The number of benzene rings is 2. The van der Waals surface area contributed by atoms with Crippen molar-refractivity contribution in [3.8, 4) is 11.5 Å². The van der Waals surface area contributed by atoms with Crippen LogP contribution in [0.25, 0.3) is 0 Å². The summed E-state index contributed by atoms with van der Waals surface area (Å²) in [7, 11) is 0. The molecular weight excluding hydrogens is 560 g/mol. The Balaban J connectivity index is 2.74. The Kier molecular flexibility index (Phi) is 9.57. The van der Waals surface area contributed by atoms with Crippen molar-refractivity contribution in [2.75, 3.05) is 0 Å². The van der Waals surface area contributed by atoms with Gasteiger partial charge >= 0.3 is 13.2 Å². The minimum atomic E-state index is -3.07. The predicted molar refractivity (Wildman–Crippen MR) is 123 cm³/mol. The van der Waals surface area contributed by atoms with Crippen molar-refractivity contribution in [2.45, 2.75) is 50.6 Å². The average Bonchev–Trinajstić information content (AvgIpc) is 2.70. The topological polar surface area (TPSA) is 35.5 Å². The SMILES string of the molecule is CC(C)C(Br)c1c(OC(F)F)cccc1C(=O)c1cccc(OC(F)F)c1C(Br)C(C)C. The largest absolute Gasteiger partial charge is 0.434 e. The van der Waals surface area contributed by atoms with Crippen LogP contribution in [0.15, 0.2) is 36.4 Å². The third-order valence-electron chi connectivity index (χ3n) is 4.78. The van der Waals surface area contributed by atoms with E-state index in [1.165, 1.54) is 36.4 Å². The first-order valence-electron chi connectivity index (χ1n) is 9.93. The van der Waals surface area contributed by atoms with E-state index in [2.05, 4.69) is 41.3 Å². The van der Waals surface area contributed by atoms with Crippen LogP contribution in [-0.2, 0) is 0 Å². The van der Waals surface area contributed by atoms with Crippen molar-refractivity contribution in [1.82, 2.24) is 0 Å². The molecule has 2 aromatic rings. The highest BCUT2D eigenvalue weighted by Crippen LogP contribution is 2.43. The fourth-order valence-corrected chi connectivity index (χ4v) is 4.21. The molecule has 176 valence electrons. The molecule has 0 aliphatic rings. The Hall–Kier alpha value is -1.61. The lowest BCUT2D eigenvalue weighted by Gasteiger charge is -2.24. The molecule has 0 amide bonds. The lowest BCUT2D eigenvalue weighted by molar-refractivity contribution is -0.0511. The third-order valence-corrected chi connectivity index (χ3v) is 7.81. The number of alkyl halides is 6. The normalized spacial score (nSPS) is 13.7. The van der Waals surface area contributed by atoms with Gasteiger partial charge < -0.3 is 9.47 Å². The molecule has 2 unspecified atom stereocenters. The van der Waals surface area contributed by atoms with Crippen molar-refractivity contribution in [1.29, 1.82) is 0 Å². The fraction of sp³-hybridized carbons (Fsp3) is 0.435. The second-order valence-electron chi connectivity index (χ2n) is 7.81. The van der Waals surface area contributed by atoms with Gasteiger partial charge in [0, 0.05) is 31.9 Å². The number of ether oxygens (including phenoxy) is 2. The Morgan fingerprint density at radius 1 is 0.719 bits per heavy atom. The van der Waals surface area contributed by atoms with Crippen molar-refractivity contribution in [3.05, 3.63) is 58.7 Å². The van der Waals surface area contributed by atoms with Gasteiger partial charge in [-0.05, 0) is 24.0 Å². The van der Waals surface area contributed by atoms with E-state index >= 15 is 0 Å². The van der Waals surface area contributed by atoms with Crippen molar-refractivity contribution in [2.24, 2.45) is 11.8 Å². The number of ketones is 1. The number of rotatable bonds is 10. The summed E-state index contributed by atoms with van der Waals surface area (Å²) in [5, 5.41) is 0. The van der Waals surface area contributed by atoms with Gasteiger partial charge in [-0.25, -0.2) is 0 Å². The van der Waals surface area contributed by atoms with Crippen molar-refractivity contribution >= 4 is 37.6 Å². The summed E-state index contributed by atoms with van der Waals surface area (Å²) in [6, 6.07) is 8.65. The van der Waals surface area contributed by atoms with Gasteiger partial charge in [0.25, 0.3) is 0 Å². The van der Waals surface area contributed by atoms with Crippen molar-refractivity contribution in [3.63, 3.8) is 0 Å². The van der Waals surface area contributed by atoms with Crippen LogP contribution >= 0.6 is 31.9 Å². The Bertz CT molecular complexity index is 862. The van der Waals surface area contributed by atoms with E-state index in [1.807, 2.05) is 27.7 Å². The highest BCUT2D eigenvalue weighted by atomic mass is 79.9. The van der Waals surface area contributed by atoms with Gasteiger partial charge in [0.2, 0.25) is 0 Å².